The van der Waals surface area contributed by atoms with Crippen LogP contribution < -0.4 is 4.90 Å². The van der Waals surface area contributed by atoms with Crippen LogP contribution in [0.5, 0.6) is 0 Å². The highest BCUT2D eigenvalue weighted by Crippen LogP contribution is 2.32. The van der Waals surface area contributed by atoms with E-state index in [0.717, 1.165) is 16.5 Å². The highest BCUT2D eigenvalue weighted by Gasteiger charge is 2.27. The van der Waals surface area contributed by atoms with Crippen molar-refractivity contribution in [3.63, 3.8) is 0 Å². The molecule has 9 heteroatoms. The monoisotopic (exact) mass is 468 g/mol. The molecule has 2 aromatic heterocycles. The second-order valence-corrected chi connectivity index (χ2v) is 9.05. The van der Waals surface area contributed by atoms with Gasteiger partial charge in [0.25, 0.3) is 0 Å². The van der Waals surface area contributed by atoms with Crippen molar-refractivity contribution >= 4 is 51.6 Å². The molecule has 1 fully saturated rings. The Hall–Kier alpha value is -2.90. The topological polar surface area (TPSA) is 66.6 Å². The first kappa shape index (κ1) is 21.0. The second-order valence-electron chi connectivity index (χ2n) is 8.20. The van der Waals surface area contributed by atoms with Crippen LogP contribution in [0.15, 0.2) is 42.5 Å². The van der Waals surface area contributed by atoms with E-state index < -0.39 is 0 Å². The van der Waals surface area contributed by atoms with Crippen LogP contribution in [0, 0.1) is 5.92 Å². The highest BCUT2D eigenvalue weighted by atomic mass is 35.5. The number of halogens is 2. The molecule has 32 heavy (non-hydrogen) atoms. The lowest BCUT2D eigenvalue weighted by atomic mass is 10.1. The lowest BCUT2D eigenvalue weighted by Crippen LogP contribution is -2.50. The number of hydrogen-bond acceptors (Lipinski definition) is 5. The zero-order valence-corrected chi connectivity index (χ0v) is 19.3. The highest BCUT2D eigenvalue weighted by molar-refractivity contribution is 6.33. The Balaban J connectivity index is 1.66. The zero-order valence-electron chi connectivity index (χ0n) is 17.8. The van der Waals surface area contributed by atoms with Crippen molar-refractivity contribution in [2.24, 2.45) is 5.92 Å². The molecule has 0 saturated carbocycles. The number of carbonyl (C=O) groups is 1. The number of carbonyl (C=O) groups excluding carboxylic acids is 1. The van der Waals surface area contributed by atoms with Crippen molar-refractivity contribution in [2.45, 2.75) is 13.8 Å². The van der Waals surface area contributed by atoms with Crippen LogP contribution in [0.2, 0.25) is 10.0 Å². The molecule has 1 aliphatic heterocycles. The van der Waals surface area contributed by atoms with Crippen LogP contribution in [0.4, 0.5) is 5.95 Å². The molecule has 5 rings (SSSR count). The Bertz CT molecular complexity index is 1330. The molecular formula is C23H22Cl2N6O. The first-order valence-electron chi connectivity index (χ1n) is 10.6. The number of benzene rings is 2. The largest absolute Gasteiger partial charge is 0.339 e. The van der Waals surface area contributed by atoms with E-state index >= 15 is 0 Å². The van der Waals surface area contributed by atoms with Crippen LogP contribution in [0.1, 0.15) is 13.8 Å². The number of rotatable bonds is 3. The molecule has 0 unspecified atom stereocenters. The van der Waals surface area contributed by atoms with E-state index in [1.165, 1.54) is 0 Å². The molecule has 0 N–H and O–H groups in total. The normalized spacial score (nSPS) is 14.7. The summed E-state index contributed by atoms with van der Waals surface area (Å²) in [7, 11) is 0. The number of aromatic nitrogens is 4. The fourth-order valence-electron chi connectivity index (χ4n) is 4.11. The molecule has 0 aliphatic carbocycles. The summed E-state index contributed by atoms with van der Waals surface area (Å²) in [6, 6.07) is 13.1. The lowest BCUT2D eigenvalue weighted by Gasteiger charge is -2.36. The average Bonchev–Trinajstić information content (AvgIpc) is 3.23. The van der Waals surface area contributed by atoms with Crippen molar-refractivity contribution in [1.82, 2.24) is 24.5 Å². The molecule has 0 atom stereocenters. The molecular weight excluding hydrogens is 447 g/mol. The fourth-order valence-corrected chi connectivity index (χ4v) is 4.50. The standard InChI is InChI=1S/C23H22Cl2N6O/c1-14(2)22(32)29-9-11-30(12-10-29)23-26-19-13-15(24)7-8-17(19)21-28-27-20(31(21)23)16-5-3-4-6-18(16)25/h3-8,13-14H,9-12H2,1-2H3. The quantitative estimate of drug-likeness (QED) is 0.440. The minimum absolute atomic E-state index is 0.0149. The number of fused-ring (bicyclic) bond motifs is 3. The van der Waals surface area contributed by atoms with Gasteiger partial charge in [-0.25, -0.2) is 9.38 Å². The van der Waals surface area contributed by atoms with Crippen LogP contribution in [-0.4, -0.2) is 56.6 Å². The average molecular weight is 469 g/mol. The van der Waals surface area contributed by atoms with Crippen molar-refractivity contribution in [1.29, 1.82) is 0 Å². The van der Waals surface area contributed by atoms with Gasteiger partial charge in [0.2, 0.25) is 11.9 Å². The number of piperazine rings is 1. The van der Waals surface area contributed by atoms with Gasteiger partial charge >= 0.3 is 0 Å². The molecule has 1 aliphatic rings. The Morgan fingerprint density at radius 3 is 2.47 bits per heavy atom. The first-order valence-corrected chi connectivity index (χ1v) is 11.3. The number of anilines is 1. The molecule has 4 aromatic rings. The van der Waals surface area contributed by atoms with Gasteiger partial charge in [0.1, 0.15) is 0 Å². The van der Waals surface area contributed by atoms with E-state index in [-0.39, 0.29) is 11.8 Å². The van der Waals surface area contributed by atoms with E-state index in [0.29, 0.717) is 53.6 Å². The van der Waals surface area contributed by atoms with Crippen molar-refractivity contribution < 1.29 is 4.79 Å². The van der Waals surface area contributed by atoms with Gasteiger partial charge in [-0.15, -0.1) is 10.2 Å². The van der Waals surface area contributed by atoms with Gasteiger partial charge in [0.05, 0.1) is 10.5 Å². The van der Waals surface area contributed by atoms with Gasteiger partial charge in [-0.2, -0.15) is 0 Å². The van der Waals surface area contributed by atoms with Crippen LogP contribution in [0.25, 0.3) is 27.9 Å². The van der Waals surface area contributed by atoms with Crippen molar-refractivity contribution in [2.75, 3.05) is 31.1 Å². The number of nitrogens with zero attached hydrogens (tertiary/aromatic N) is 6. The summed E-state index contributed by atoms with van der Waals surface area (Å²) in [5.74, 6) is 1.50. The minimum atomic E-state index is -0.0149. The zero-order chi connectivity index (χ0) is 22.4. The van der Waals surface area contributed by atoms with Crippen molar-refractivity contribution in [3.8, 4) is 11.4 Å². The third-order valence-electron chi connectivity index (χ3n) is 5.77. The van der Waals surface area contributed by atoms with E-state index in [2.05, 4.69) is 15.1 Å². The van der Waals surface area contributed by atoms with Gasteiger partial charge in [-0.1, -0.05) is 49.2 Å². The van der Waals surface area contributed by atoms with Gasteiger partial charge < -0.3 is 9.80 Å². The van der Waals surface area contributed by atoms with Gasteiger partial charge in [0.15, 0.2) is 11.5 Å². The molecule has 0 radical (unpaired) electrons. The first-order chi connectivity index (χ1) is 15.4. The summed E-state index contributed by atoms with van der Waals surface area (Å²) in [5.41, 5.74) is 2.22. The van der Waals surface area contributed by atoms with Gasteiger partial charge in [0, 0.05) is 48.1 Å². The smallest absolute Gasteiger partial charge is 0.225 e. The molecule has 7 nitrogen and oxygen atoms in total. The molecule has 164 valence electrons. The summed E-state index contributed by atoms with van der Waals surface area (Å²) in [5, 5.41) is 11.0. The van der Waals surface area contributed by atoms with E-state index in [1.54, 1.807) is 0 Å². The molecule has 1 amide bonds. The summed E-state index contributed by atoms with van der Waals surface area (Å²) in [6.07, 6.45) is 0. The molecule has 2 aromatic carbocycles. The maximum Gasteiger partial charge on any atom is 0.225 e. The maximum atomic E-state index is 12.4. The summed E-state index contributed by atoms with van der Waals surface area (Å²) in [6.45, 7) is 6.45. The Labute approximate surface area is 195 Å². The Morgan fingerprint density at radius 2 is 1.75 bits per heavy atom. The maximum absolute atomic E-state index is 12.4. The Morgan fingerprint density at radius 1 is 1.00 bits per heavy atom. The predicted molar refractivity (Wildman–Crippen MR) is 127 cm³/mol. The molecule has 1 saturated heterocycles. The summed E-state index contributed by atoms with van der Waals surface area (Å²) >= 11 is 12.8. The second kappa shape index (κ2) is 8.22. The molecule has 0 spiro atoms. The van der Waals surface area contributed by atoms with Gasteiger partial charge in [-0.05, 0) is 30.3 Å². The minimum Gasteiger partial charge on any atom is -0.339 e. The SMILES string of the molecule is CC(C)C(=O)N1CCN(c2nc3cc(Cl)ccc3c3nnc(-c4ccccc4Cl)n23)CC1. The van der Waals surface area contributed by atoms with Crippen LogP contribution in [-0.2, 0) is 4.79 Å². The van der Waals surface area contributed by atoms with Crippen molar-refractivity contribution in [3.05, 3.63) is 52.5 Å². The lowest BCUT2D eigenvalue weighted by molar-refractivity contribution is -0.134. The van der Waals surface area contributed by atoms with E-state index in [1.807, 2.05) is 65.6 Å². The number of hydrogen-bond donors (Lipinski definition) is 0. The molecule has 0 bridgehead atoms. The molecule has 3 heterocycles. The third-order valence-corrected chi connectivity index (χ3v) is 6.33. The van der Waals surface area contributed by atoms with Crippen LogP contribution in [0.3, 0.4) is 0 Å². The summed E-state index contributed by atoms with van der Waals surface area (Å²) < 4.78 is 1.96. The number of amides is 1. The van der Waals surface area contributed by atoms with E-state index in [9.17, 15) is 4.79 Å². The van der Waals surface area contributed by atoms with E-state index in [4.69, 9.17) is 28.2 Å². The third kappa shape index (κ3) is 3.55. The predicted octanol–water partition coefficient (Wildman–Crippen LogP) is 4.56. The van der Waals surface area contributed by atoms with Crippen LogP contribution >= 0.6 is 23.2 Å². The summed E-state index contributed by atoms with van der Waals surface area (Å²) in [4.78, 5) is 21.5. The fraction of sp³-hybridized carbons (Fsp3) is 0.304. The Kier molecular flexibility index (Phi) is 5.39. The van der Waals surface area contributed by atoms with Gasteiger partial charge in [-0.3, -0.25) is 4.79 Å².